The summed E-state index contributed by atoms with van der Waals surface area (Å²) in [5.74, 6) is 0.488. The predicted molar refractivity (Wildman–Crippen MR) is 74.4 cm³/mol. The Kier molecular flexibility index (Phi) is 4.37. The van der Waals surface area contributed by atoms with Crippen LogP contribution in [0.2, 0.25) is 0 Å². The molecule has 0 bridgehead atoms. The first-order valence-corrected chi connectivity index (χ1v) is 6.75. The molecule has 1 aromatic rings. The second kappa shape index (κ2) is 6.01. The van der Waals surface area contributed by atoms with Gasteiger partial charge in [-0.05, 0) is 36.5 Å². The fourth-order valence-electron chi connectivity index (χ4n) is 1.89. The third kappa shape index (κ3) is 4.49. The van der Waals surface area contributed by atoms with Gasteiger partial charge in [0.25, 0.3) is 0 Å². The van der Waals surface area contributed by atoms with Gasteiger partial charge in [-0.15, -0.1) is 0 Å². The zero-order valence-electron chi connectivity index (χ0n) is 11.2. The molecule has 0 aliphatic heterocycles. The van der Waals surface area contributed by atoms with Crippen molar-refractivity contribution < 1.29 is 4.79 Å². The maximum absolute atomic E-state index is 11.7. The van der Waals surface area contributed by atoms with Gasteiger partial charge < -0.3 is 10.6 Å². The van der Waals surface area contributed by atoms with E-state index in [-0.39, 0.29) is 5.91 Å². The molecule has 0 atom stereocenters. The van der Waals surface area contributed by atoms with Crippen molar-refractivity contribution in [3.8, 4) is 0 Å². The lowest BCUT2D eigenvalue weighted by Crippen LogP contribution is -2.16. The van der Waals surface area contributed by atoms with Crippen LogP contribution in [0.1, 0.15) is 38.7 Å². The molecular weight excluding hydrogens is 224 g/mol. The Hall–Kier alpha value is -1.35. The summed E-state index contributed by atoms with van der Waals surface area (Å²) in [4.78, 5) is 11.7. The van der Waals surface area contributed by atoms with E-state index in [2.05, 4.69) is 30.5 Å². The minimum atomic E-state index is 0.0947. The van der Waals surface area contributed by atoms with E-state index >= 15 is 0 Å². The van der Waals surface area contributed by atoms with E-state index in [9.17, 15) is 4.79 Å². The molecule has 0 spiro atoms. The molecule has 98 valence electrons. The van der Waals surface area contributed by atoms with Gasteiger partial charge in [0.15, 0.2) is 0 Å². The largest absolute Gasteiger partial charge is 0.326 e. The fraction of sp³-hybridized carbons (Fsp3) is 0.533. The summed E-state index contributed by atoms with van der Waals surface area (Å²) < 4.78 is 0. The summed E-state index contributed by atoms with van der Waals surface area (Å²) in [6, 6.07) is 8.79. The average molecular weight is 246 g/mol. The molecule has 1 saturated carbocycles. The number of rotatable bonds is 6. The summed E-state index contributed by atoms with van der Waals surface area (Å²) in [5.41, 5.74) is 2.12. The Morgan fingerprint density at radius 1 is 1.39 bits per heavy atom. The average Bonchev–Trinajstić information content (AvgIpc) is 3.09. The Balaban J connectivity index is 1.87. The van der Waals surface area contributed by atoms with Gasteiger partial charge >= 0.3 is 0 Å². The molecule has 0 radical (unpaired) electrons. The van der Waals surface area contributed by atoms with Crippen molar-refractivity contribution in [2.75, 3.05) is 5.32 Å². The lowest BCUT2D eigenvalue weighted by molar-refractivity contribution is -0.116. The van der Waals surface area contributed by atoms with Crippen molar-refractivity contribution in [3.63, 3.8) is 0 Å². The topological polar surface area (TPSA) is 41.1 Å². The monoisotopic (exact) mass is 246 g/mol. The first kappa shape index (κ1) is 13.1. The van der Waals surface area contributed by atoms with Crippen molar-refractivity contribution in [3.05, 3.63) is 29.8 Å². The zero-order chi connectivity index (χ0) is 13.0. The van der Waals surface area contributed by atoms with E-state index in [4.69, 9.17) is 0 Å². The van der Waals surface area contributed by atoms with Gasteiger partial charge in [0.05, 0.1) is 0 Å². The normalized spacial score (nSPS) is 14.8. The van der Waals surface area contributed by atoms with Crippen LogP contribution < -0.4 is 10.6 Å². The van der Waals surface area contributed by atoms with Crippen LogP contribution in [0, 0.1) is 5.92 Å². The number of benzene rings is 1. The summed E-state index contributed by atoms with van der Waals surface area (Å²) in [5, 5.41) is 6.42. The van der Waals surface area contributed by atoms with Gasteiger partial charge in [-0.3, -0.25) is 4.79 Å². The van der Waals surface area contributed by atoms with Crippen LogP contribution >= 0.6 is 0 Å². The van der Waals surface area contributed by atoms with E-state index in [1.165, 1.54) is 18.4 Å². The minimum Gasteiger partial charge on any atom is -0.326 e. The van der Waals surface area contributed by atoms with Gasteiger partial charge in [0.1, 0.15) is 0 Å². The first-order valence-electron chi connectivity index (χ1n) is 6.75. The molecule has 18 heavy (non-hydrogen) atoms. The third-order valence-electron chi connectivity index (χ3n) is 2.98. The van der Waals surface area contributed by atoms with Crippen molar-refractivity contribution >= 4 is 11.6 Å². The molecule has 0 aromatic heterocycles. The van der Waals surface area contributed by atoms with Crippen LogP contribution in [0.15, 0.2) is 24.3 Å². The number of anilines is 1. The van der Waals surface area contributed by atoms with Crippen LogP contribution in [0.3, 0.4) is 0 Å². The Labute approximate surface area is 109 Å². The maximum atomic E-state index is 11.7. The van der Waals surface area contributed by atoms with Gasteiger partial charge in [0, 0.05) is 24.7 Å². The molecule has 3 heteroatoms. The van der Waals surface area contributed by atoms with Crippen molar-refractivity contribution in [2.45, 2.75) is 45.7 Å². The lowest BCUT2D eigenvalue weighted by atomic mass is 10.1. The van der Waals surface area contributed by atoms with E-state index in [1.807, 2.05) is 18.2 Å². The second-order valence-corrected chi connectivity index (χ2v) is 5.50. The van der Waals surface area contributed by atoms with Crippen LogP contribution in [0.5, 0.6) is 0 Å². The number of carbonyl (C=O) groups excluding carboxylic acids is 1. The zero-order valence-corrected chi connectivity index (χ0v) is 11.2. The highest BCUT2D eigenvalue weighted by atomic mass is 16.1. The highest BCUT2D eigenvalue weighted by Crippen LogP contribution is 2.20. The van der Waals surface area contributed by atoms with E-state index < -0.39 is 0 Å². The van der Waals surface area contributed by atoms with Crippen molar-refractivity contribution in [1.29, 1.82) is 0 Å². The predicted octanol–water partition coefficient (Wildman–Crippen LogP) is 2.92. The SMILES string of the molecule is CC(C)CC(=O)Nc1cccc(CNC2CC2)c1. The highest BCUT2D eigenvalue weighted by Gasteiger charge is 2.19. The van der Waals surface area contributed by atoms with Gasteiger partial charge in [-0.2, -0.15) is 0 Å². The minimum absolute atomic E-state index is 0.0947. The summed E-state index contributed by atoms with van der Waals surface area (Å²) in [6.45, 7) is 4.99. The quantitative estimate of drug-likeness (QED) is 0.810. The Morgan fingerprint density at radius 3 is 2.83 bits per heavy atom. The van der Waals surface area contributed by atoms with Gasteiger partial charge in [-0.25, -0.2) is 0 Å². The Bertz CT molecular complexity index is 411. The number of carbonyl (C=O) groups is 1. The van der Waals surface area contributed by atoms with Gasteiger partial charge in [0.2, 0.25) is 5.91 Å². The van der Waals surface area contributed by atoms with Crippen LogP contribution in [0.25, 0.3) is 0 Å². The van der Waals surface area contributed by atoms with Gasteiger partial charge in [-0.1, -0.05) is 26.0 Å². The fourth-order valence-corrected chi connectivity index (χ4v) is 1.89. The molecule has 0 saturated heterocycles. The number of hydrogen-bond acceptors (Lipinski definition) is 2. The molecule has 2 rings (SSSR count). The second-order valence-electron chi connectivity index (χ2n) is 5.50. The van der Waals surface area contributed by atoms with E-state index in [1.54, 1.807) is 0 Å². The molecular formula is C15H22N2O. The number of hydrogen-bond donors (Lipinski definition) is 2. The third-order valence-corrected chi connectivity index (χ3v) is 2.98. The maximum Gasteiger partial charge on any atom is 0.224 e. The lowest BCUT2D eigenvalue weighted by Gasteiger charge is -2.09. The molecule has 2 N–H and O–H groups in total. The first-order chi connectivity index (χ1) is 8.63. The number of nitrogens with one attached hydrogen (secondary N) is 2. The summed E-state index contributed by atoms with van der Waals surface area (Å²) >= 11 is 0. The standard InChI is InChI=1S/C15H22N2O/c1-11(2)8-15(18)17-14-5-3-4-12(9-14)10-16-13-6-7-13/h3-5,9,11,13,16H,6-8,10H2,1-2H3,(H,17,18). The van der Waals surface area contributed by atoms with Crippen LogP contribution in [-0.4, -0.2) is 11.9 Å². The molecule has 1 aromatic carbocycles. The molecule has 1 fully saturated rings. The van der Waals surface area contributed by atoms with E-state index in [0.29, 0.717) is 18.4 Å². The molecule has 3 nitrogen and oxygen atoms in total. The molecule has 0 heterocycles. The van der Waals surface area contributed by atoms with Crippen LogP contribution in [-0.2, 0) is 11.3 Å². The van der Waals surface area contributed by atoms with E-state index in [0.717, 1.165) is 12.2 Å². The summed E-state index contributed by atoms with van der Waals surface area (Å²) in [6.07, 6.45) is 3.17. The molecule has 0 unspecified atom stereocenters. The highest BCUT2D eigenvalue weighted by molar-refractivity contribution is 5.90. The molecule has 1 aliphatic rings. The number of amides is 1. The van der Waals surface area contributed by atoms with Crippen molar-refractivity contribution in [2.24, 2.45) is 5.92 Å². The van der Waals surface area contributed by atoms with Crippen molar-refractivity contribution in [1.82, 2.24) is 5.32 Å². The smallest absolute Gasteiger partial charge is 0.224 e. The van der Waals surface area contributed by atoms with Crippen LogP contribution in [0.4, 0.5) is 5.69 Å². The molecule has 1 amide bonds. The molecule has 1 aliphatic carbocycles. The summed E-state index contributed by atoms with van der Waals surface area (Å²) in [7, 11) is 0. The Morgan fingerprint density at radius 2 is 2.17 bits per heavy atom.